The van der Waals surface area contributed by atoms with Crippen LogP contribution in [0.15, 0.2) is 39.9 Å². The molecule has 0 saturated heterocycles. The maximum Gasteiger partial charge on any atom is 0.330 e. The first-order chi connectivity index (χ1) is 12.7. The molecule has 0 atom stereocenters. The van der Waals surface area contributed by atoms with Crippen molar-refractivity contribution in [2.45, 2.75) is 20.4 Å². The number of nitrogen functional groups attached to an aromatic ring is 1. The molecule has 27 heavy (non-hydrogen) atoms. The van der Waals surface area contributed by atoms with Gasteiger partial charge in [0, 0.05) is 7.05 Å². The summed E-state index contributed by atoms with van der Waals surface area (Å²) in [7, 11) is 1.32. The van der Waals surface area contributed by atoms with Gasteiger partial charge in [-0.15, -0.1) is 0 Å². The zero-order valence-corrected chi connectivity index (χ0v) is 15.4. The maximum atomic E-state index is 12.3. The Morgan fingerprint density at radius 2 is 1.85 bits per heavy atom. The molecule has 3 N–H and O–H groups in total. The predicted octanol–water partition coefficient (Wildman–Crippen LogP) is 0.329. The molecule has 0 bridgehead atoms. The summed E-state index contributed by atoms with van der Waals surface area (Å²) in [6, 6.07) is 9.05. The molecule has 9 heteroatoms. The number of carbonyl (C=O) groups is 2. The number of aromatic amines is 1. The first-order valence-corrected chi connectivity index (χ1v) is 8.32. The number of carbonyl (C=O) groups excluding carboxylic acids is 2. The fourth-order valence-corrected chi connectivity index (χ4v) is 2.35. The highest BCUT2D eigenvalue weighted by atomic mass is 16.5. The van der Waals surface area contributed by atoms with Crippen molar-refractivity contribution in [3.63, 3.8) is 0 Å². The fourth-order valence-electron chi connectivity index (χ4n) is 2.35. The number of esters is 1. The van der Waals surface area contributed by atoms with E-state index < -0.39 is 29.7 Å². The lowest BCUT2D eigenvalue weighted by Crippen LogP contribution is -2.41. The van der Waals surface area contributed by atoms with Crippen molar-refractivity contribution >= 4 is 23.4 Å². The Balaban J connectivity index is 2.32. The van der Waals surface area contributed by atoms with Crippen molar-refractivity contribution in [3.05, 3.63) is 56.7 Å². The van der Waals surface area contributed by atoms with Crippen molar-refractivity contribution in [2.75, 3.05) is 24.3 Å². The number of H-pyrrole nitrogens is 1. The van der Waals surface area contributed by atoms with Crippen LogP contribution in [0, 0.1) is 5.92 Å². The van der Waals surface area contributed by atoms with Crippen molar-refractivity contribution in [1.29, 1.82) is 0 Å². The van der Waals surface area contributed by atoms with E-state index in [2.05, 4.69) is 4.98 Å². The van der Waals surface area contributed by atoms with Gasteiger partial charge in [-0.25, -0.2) is 4.79 Å². The number of hydrogen-bond acceptors (Lipinski definition) is 6. The minimum atomic E-state index is -0.798. The number of likely N-dealkylation sites (N-methyl/N-ethyl adjacent to an activating group) is 1. The molecule has 2 rings (SSSR count). The molecule has 0 spiro atoms. The highest BCUT2D eigenvalue weighted by molar-refractivity contribution is 5.96. The van der Waals surface area contributed by atoms with Gasteiger partial charge >= 0.3 is 11.7 Å². The number of anilines is 2. The third-order valence-corrected chi connectivity index (χ3v) is 3.92. The first kappa shape index (κ1) is 20.0. The summed E-state index contributed by atoms with van der Waals surface area (Å²) in [5.41, 5.74) is 5.15. The molecule has 144 valence electrons. The van der Waals surface area contributed by atoms with Gasteiger partial charge in [0.2, 0.25) is 0 Å². The number of benzene rings is 1. The van der Waals surface area contributed by atoms with Crippen LogP contribution in [0.5, 0.6) is 0 Å². The zero-order valence-electron chi connectivity index (χ0n) is 15.4. The van der Waals surface area contributed by atoms with Crippen LogP contribution in [0.2, 0.25) is 0 Å². The van der Waals surface area contributed by atoms with E-state index in [1.165, 1.54) is 7.05 Å². The topological polar surface area (TPSA) is 127 Å². The Labute approximate surface area is 155 Å². The Bertz CT molecular complexity index is 946. The van der Waals surface area contributed by atoms with Gasteiger partial charge in [0.15, 0.2) is 12.3 Å². The summed E-state index contributed by atoms with van der Waals surface area (Å²) in [4.78, 5) is 51.3. The first-order valence-electron chi connectivity index (χ1n) is 8.32. The summed E-state index contributed by atoms with van der Waals surface area (Å²) in [6.45, 7) is 2.86. The lowest BCUT2D eigenvalue weighted by molar-refractivity contribution is -0.150. The van der Waals surface area contributed by atoms with Crippen LogP contribution in [-0.4, -0.2) is 35.1 Å². The largest absolute Gasteiger partial charge is 0.455 e. The third kappa shape index (κ3) is 4.63. The Morgan fingerprint density at radius 1 is 1.22 bits per heavy atom. The average molecular weight is 374 g/mol. The van der Waals surface area contributed by atoms with E-state index >= 15 is 0 Å². The van der Waals surface area contributed by atoms with Gasteiger partial charge < -0.3 is 15.4 Å². The van der Waals surface area contributed by atoms with E-state index in [1.807, 2.05) is 18.2 Å². The molecule has 0 aliphatic carbocycles. The molecule has 0 unspecified atom stereocenters. The third-order valence-electron chi connectivity index (χ3n) is 3.92. The predicted molar refractivity (Wildman–Crippen MR) is 100 cm³/mol. The highest BCUT2D eigenvalue weighted by Crippen LogP contribution is 2.16. The zero-order chi connectivity index (χ0) is 20.1. The molecular weight excluding hydrogens is 352 g/mol. The summed E-state index contributed by atoms with van der Waals surface area (Å²) in [6.07, 6.45) is 0. The van der Waals surface area contributed by atoms with E-state index in [-0.39, 0.29) is 24.0 Å². The maximum absolute atomic E-state index is 12.3. The second-order valence-corrected chi connectivity index (χ2v) is 6.28. The molecule has 0 fully saturated rings. The van der Waals surface area contributed by atoms with E-state index in [1.54, 1.807) is 26.0 Å². The number of rotatable bonds is 6. The van der Waals surface area contributed by atoms with Crippen LogP contribution in [0.3, 0.4) is 0 Å². The van der Waals surface area contributed by atoms with Crippen LogP contribution >= 0.6 is 0 Å². The van der Waals surface area contributed by atoms with Crippen molar-refractivity contribution < 1.29 is 14.3 Å². The van der Waals surface area contributed by atoms with Gasteiger partial charge in [-0.05, 0) is 5.56 Å². The number of nitrogens with two attached hydrogens (primary N) is 1. The fraction of sp³-hybridized carbons (Fsp3) is 0.333. The Kier molecular flexibility index (Phi) is 6.17. The normalized spacial score (nSPS) is 10.7. The van der Waals surface area contributed by atoms with Gasteiger partial charge in [-0.1, -0.05) is 44.2 Å². The Hall–Kier alpha value is -3.36. The lowest BCUT2D eigenvalue weighted by Gasteiger charge is -2.20. The molecule has 2 aromatic rings. The molecule has 9 nitrogen and oxygen atoms in total. The monoisotopic (exact) mass is 374 g/mol. The highest BCUT2D eigenvalue weighted by Gasteiger charge is 2.22. The van der Waals surface area contributed by atoms with E-state index in [4.69, 9.17) is 10.5 Å². The van der Waals surface area contributed by atoms with Gasteiger partial charge in [0.1, 0.15) is 5.82 Å². The quantitative estimate of drug-likeness (QED) is 0.702. The lowest BCUT2D eigenvalue weighted by atomic mass is 10.2. The molecule has 1 aromatic carbocycles. The average Bonchev–Trinajstić information content (AvgIpc) is 2.63. The van der Waals surface area contributed by atoms with Crippen LogP contribution in [0.1, 0.15) is 19.4 Å². The summed E-state index contributed by atoms with van der Waals surface area (Å²) >= 11 is 0. The number of aromatic nitrogens is 2. The van der Waals surface area contributed by atoms with E-state index in [9.17, 15) is 19.2 Å². The molecular formula is C18H22N4O5. The smallest absolute Gasteiger partial charge is 0.330 e. The van der Waals surface area contributed by atoms with Gasteiger partial charge in [-0.2, -0.15) is 0 Å². The minimum absolute atomic E-state index is 0.125. The van der Waals surface area contributed by atoms with Crippen LogP contribution in [0.4, 0.5) is 11.5 Å². The Morgan fingerprint density at radius 3 is 2.44 bits per heavy atom. The summed E-state index contributed by atoms with van der Waals surface area (Å²) < 4.78 is 6.05. The molecule has 1 aromatic heterocycles. The molecule has 0 radical (unpaired) electrons. The van der Waals surface area contributed by atoms with Gasteiger partial charge in [0.05, 0.1) is 12.5 Å². The molecule has 1 heterocycles. The van der Waals surface area contributed by atoms with Gasteiger partial charge in [0.25, 0.3) is 11.5 Å². The van der Waals surface area contributed by atoms with Gasteiger partial charge in [-0.3, -0.25) is 23.9 Å². The number of ether oxygens (including phenoxy) is 1. The van der Waals surface area contributed by atoms with Crippen LogP contribution in [0.25, 0.3) is 0 Å². The van der Waals surface area contributed by atoms with Crippen molar-refractivity contribution in [3.8, 4) is 0 Å². The van der Waals surface area contributed by atoms with E-state index in [0.717, 1.165) is 15.0 Å². The SMILES string of the molecule is CC(C)C(=O)OCC(=O)N(C)c1c(N)n(Cc2ccccc2)c(=O)[nH]c1=O. The second kappa shape index (κ2) is 8.35. The number of hydrogen-bond donors (Lipinski definition) is 2. The second-order valence-electron chi connectivity index (χ2n) is 6.28. The van der Waals surface area contributed by atoms with Crippen molar-refractivity contribution in [1.82, 2.24) is 9.55 Å². The van der Waals surface area contributed by atoms with Crippen molar-refractivity contribution in [2.24, 2.45) is 5.92 Å². The summed E-state index contributed by atoms with van der Waals surface area (Å²) in [5.74, 6) is -1.72. The summed E-state index contributed by atoms with van der Waals surface area (Å²) in [5, 5.41) is 0. The molecule has 0 aliphatic heterocycles. The molecule has 0 aliphatic rings. The molecule has 0 saturated carbocycles. The number of amides is 1. The van der Waals surface area contributed by atoms with Crippen LogP contribution < -0.4 is 21.9 Å². The van der Waals surface area contributed by atoms with Crippen LogP contribution in [-0.2, 0) is 20.9 Å². The minimum Gasteiger partial charge on any atom is -0.455 e. The number of nitrogens with one attached hydrogen (secondary N) is 1. The molecule has 1 amide bonds. The standard InChI is InChI=1S/C18H22N4O5/c1-11(2)17(25)27-10-13(23)21(3)14-15(19)22(18(26)20-16(14)24)9-12-7-5-4-6-8-12/h4-8,11H,9-10,19H2,1-3H3,(H,20,24,26). The van der Waals surface area contributed by atoms with E-state index in [0.29, 0.717) is 0 Å². The number of nitrogens with zero attached hydrogens (tertiary/aromatic N) is 2.